The molecule has 0 aliphatic carbocycles. The number of nitrogens with zero attached hydrogens (tertiary/aromatic N) is 2. The van der Waals surface area contributed by atoms with Crippen molar-refractivity contribution in [2.24, 2.45) is 0 Å². The molecule has 5 nitrogen and oxygen atoms in total. The van der Waals surface area contributed by atoms with Gasteiger partial charge in [0.1, 0.15) is 0 Å². The molecule has 1 fully saturated rings. The van der Waals surface area contributed by atoms with Crippen molar-refractivity contribution in [2.75, 3.05) is 13.1 Å². The molecule has 1 saturated heterocycles. The lowest BCUT2D eigenvalue weighted by Crippen LogP contribution is -2.40. The first-order valence-corrected chi connectivity index (χ1v) is 8.13. The summed E-state index contributed by atoms with van der Waals surface area (Å²) in [5.74, 6) is -0.322. The number of benzene rings is 1. The van der Waals surface area contributed by atoms with Gasteiger partial charge in [0, 0.05) is 31.0 Å². The van der Waals surface area contributed by atoms with Crippen LogP contribution in [0.15, 0.2) is 47.4 Å². The second kappa shape index (κ2) is 6.95. The van der Waals surface area contributed by atoms with Crippen molar-refractivity contribution < 1.29 is 23.1 Å². The standard InChI is InChI=1S/C18H17F3N2O3/c19-18(20,21)13-2-1-3-14(10-13)23-11-12(4-5-16(23)25)17(26)22-8-6-15(24)7-9-22/h1-5,10-11,15,24H,6-9H2. The molecule has 26 heavy (non-hydrogen) atoms. The van der Waals surface area contributed by atoms with Gasteiger partial charge in [-0.15, -0.1) is 0 Å². The molecule has 1 aromatic heterocycles. The number of aliphatic hydroxyl groups excluding tert-OH is 1. The second-order valence-electron chi connectivity index (χ2n) is 6.20. The van der Waals surface area contributed by atoms with E-state index in [1.165, 1.54) is 24.4 Å². The Morgan fingerprint density at radius 2 is 1.81 bits per heavy atom. The van der Waals surface area contributed by atoms with Gasteiger partial charge in [-0.05, 0) is 37.1 Å². The Hall–Kier alpha value is -2.61. The summed E-state index contributed by atoms with van der Waals surface area (Å²) in [4.78, 5) is 26.2. The van der Waals surface area contributed by atoms with Crippen LogP contribution in [-0.2, 0) is 6.18 Å². The van der Waals surface area contributed by atoms with Crippen molar-refractivity contribution in [1.29, 1.82) is 0 Å². The molecule has 2 aromatic rings. The zero-order chi connectivity index (χ0) is 18.9. The number of hydrogen-bond donors (Lipinski definition) is 1. The number of likely N-dealkylation sites (tertiary alicyclic amines) is 1. The minimum atomic E-state index is -4.53. The molecule has 0 atom stereocenters. The lowest BCUT2D eigenvalue weighted by Gasteiger charge is -2.29. The summed E-state index contributed by atoms with van der Waals surface area (Å²) < 4.78 is 39.7. The summed E-state index contributed by atoms with van der Waals surface area (Å²) in [5.41, 5.74) is -1.16. The van der Waals surface area contributed by atoms with Gasteiger partial charge in [-0.25, -0.2) is 0 Å². The Morgan fingerprint density at radius 1 is 1.12 bits per heavy atom. The highest BCUT2D eigenvalue weighted by molar-refractivity contribution is 5.94. The van der Waals surface area contributed by atoms with Gasteiger partial charge in [-0.2, -0.15) is 13.2 Å². The van der Waals surface area contributed by atoms with Crippen LogP contribution in [0.5, 0.6) is 0 Å². The quantitative estimate of drug-likeness (QED) is 0.888. The van der Waals surface area contributed by atoms with Gasteiger partial charge < -0.3 is 10.0 Å². The number of alkyl halides is 3. The van der Waals surface area contributed by atoms with Gasteiger partial charge in [-0.3, -0.25) is 14.2 Å². The number of piperidine rings is 1. The number of carbonyl (C=O) groups excluding carboxylic acids is 1. The van der Waals surface area contributed by atoms with Gasteiger partial charge in [0.2, 0.25) is 0 Å². The Kier molecular flexibility index (Phi) is 4.86. The van der Waals surface area contributed by atoms with E-state index in [-0.39, 0.29) is 17.2 Å². The molecule has 1 aromatic carbocycles. The predicted octanol–water partition coefficient (Wildman–Crippen LogP) is 2.45. The van der Waals surface area contributed by atoms with Crippen molar-refractivity contribution in [2.45, 2.75) is 25.1 Å². The van der Waals surface area contributed by atoms with Gasteiger partial charge in [0.05, 0.1) is 17.2 Å². The van der Waals surface area contributed by atoms with Crippen LogP contribution < -0.4 is 5.56 Å². The molecule has 138 valence electrons. The molecular weight excluding hydrogens is 349 g/mol. The monoisotopic (exact) mass is 366 g/mol. The SMILES string of the molecule is O=C(c1ccc(=O)n(-c2cccc(C(F)(F)F)c2)c1)N1CCC(O)CC1. The molecular formula is C18H17F3N2O3. The summed E-state index contributed by atoms with van der Waals surface area (Å²) in [6.45, 7) is 0.783. The molecule has 0 spiro atoms. The van der Waals surface area contributed by atoms with E-state index in [1.54, 1.807) is 4.90 Å². The summed E-state index contributed by atoms with van der Waals surface area (Å²) >= 11 is 0. The van der Waals surface area contributed by atoms with E-state index < -0.39 is 23.4 Å². The number of amides is 1. The summed E-state index contributed by atoms with van der Waals surface area (Å²) in [6.07, 6.45) is -2.76. The zero-order valence-electron chi connectivity index (χ0n) is 13.7. The van der Waals surface area contributed by atoms with E-state index in [9.17, 15) is 27.9 Å². The highest BCUT2D eigenvalue weighted by Crippen LogP contribution is 2.30. The van der Waals surface area contributed by atoms with Crippen molar-refractivity contribution in [1.82, 2.24) is 9.47 Å². The molecule has 1 N–H and O–H groups in total. The Balaban J connectivity index is 1.94. The van der Waals surface area contributed by atoms with E-state index in [1.807, 2.05) is 0 Å². The second-order valence-corrected chi connectivity index (χ2v) is 6.20. The van der Waals surface area contributed by atoms with Crippen LogP contribution in [0.25, 0.3) is 5.69 Å². The number of halogens is 3. The number of aliphatic hydroxyl groups is 1. The smallest absolute Gasteiger partial charge is 0.393 e. The fourth-order valence-electron chi connectivity index (χ4n) is 2.90. The van der Waals surface area contributed by atoms with Gasteiger partial charge in [0.15, 0.2) is 0 Å². The van der Waals surface area contributed by atoms with E-state index in [4.69, 9.17) is 0 Å². The maximum absolute atomic E-state index is 12.9. The summed E-state index contributed by atoms with van der Waals surface area (Å²) in [5, 5.41) is 9.52. The average molecular weight is 366 g/mol. The number of pyridine rings is 1. The Morgan fingerprint density at radius 3 is 2.46 bits per heavy atom. The molecule has 0 unspecified atom stereocenters. The predicted molar refractivity (Wildman–Crippen MR) is 88.2 cm³/mol. The summed E-state index contributed by atoms with van der Waals surface area (Å²) in [6, 6.07) is 6.90. The number of carbonyl (C=O) groups is 1. The molecule has 3 rings (SSSR count). The third-order valence-corrected chi connectivity index (χ3v) is 4.36. The van der Waals surface area contributed by atoms with E-state index in [2.05, 4.69) is 0 Å². The van der Waals surface area contributed by atoms with Crippen molar-refractivity contribution >= 4 is 5.91 Å². The van der Waals surface area contributed by atoms with Crippen LogP contribution in [0.4, 0.5) is 13.2 Å². The maximum Gasteiger partial charge on any atom is 0.416 e. The first-order chi connectivity index (χ1) is 12.3. The van der Waals surface area contributed by atoms with Gasteiger partial charge >= 0.3 is 6.18 Å². The lowest BCUT2D eigenvalue weighted by molar-refractivity contribution is -0.137. The fourth-order valence-corrected chi connectivity index (χ4v) is 2.90. The van der Waals surface area contributed by atoms with Crippen molar-refractivity contribution in [3.63, 3.8) is 0 Å². The molecule has 2 heterocycles. The largest absolute Gasteiger partial charge is 0.416 e. The molecule has 0 radical (unpaired) electrons. The molecule has 0 bridgehead atoms. The molecule has 1 aliphatic rings. The van der Waals surface area contributed by atoms with E-state index in [0.29, 0.717) is 25.9 Å². The fraction of sp³-hybridized carbons (Fsp3) is 0.333. The maximum atomic E-state index is 12.9. The normalized spacial score (nSPS) is 15.9. The van der Waals surface area contributed by atoms with Gasteiger partial charge in [0.25, 0.3) is 11.5 Å². The minimum Gasteiger partial charge on any atom is -0.393 e. The number of aromatic nitrogens is 1. The zero-order valence-corrected chi connectivity index (χ0v) is 13.7. The van der Waals surface area contributed by atoms with Crippen LogP contribution in [0, 0.1) is 0 Å². The van der Waals surface area contributed by atoms with Crippen LogP contribution in [0.1, 0.15) is 28.8 Å². The lowest BCUT2D eigenvalue weighted by atomic mass is 10.1. The van der Waals surface area contributed by atoms with Crippen molar-refractivity contribution in [3.8, 4) is 5.69 Å². The van der Waals surface area contributed by atoms with E-state index >= 15 is 0 Å². The summed E-state index contributed by atoms with van der Waals surface area (Å²) in [7, 11) is 0. The number of rotatable bonds is 2. The number of hydrogen-bond acceptors (Lipinski definition) is 3. The van der Waals surface area contributed by atoms with Crippen molar-refractivity contribution in [3.05, 3.63) is 64.1 Å². The van der Waals surface area contributed by atoms with Crippen LogP contribution in [0.3, 0.4) is 0 Å². The molecule has 1 aliphatic heterocycles. The van der Waals surface area contributed by atoms with Gasteiger partial charge in [-0.1, -0.05) is 6.07 Å². The van der Waals surface area contributed by atoms with Crippen LogP contribution >= 0.6 is 0 Å². The molecule has 1 amide bonds. The highest BCUT2D eigenvalue weighted by atomic mass is 19.4. The average Bonchev–Trinajstić information content (AvgIpc) is 2.61. The molecule has 8 heteroatoms. The Labute approximate surface area is 147 Å². The molecule has 0 saturated carbocycles. The van der Waals surface area contributed by atoms with Crippen LogP contribution in [0.2, 0.25) is 0 Å². The first kappa shape index (κ1) is 18.2. The third kappa shape index (κ3) is 3.80. The Bertz CT molecular complexity index is 868. The van der Waals surface area contributed by atoms with E-state index in [0.717, 1.165) is 22.8 Å². The highest BCUT2D eigenvalue weighted by Gasteiger charge is 2.30. The third-order valence-electron chi connectivity index (χ3n) is 4.36. The topological polar surface area (TPSA) is 62.5 Å². The first-order valence-electron chi connectivity index (χ1n) is 8.13. The van der Waals surface area contributed by atoms with Crippen LogP contribution in [-0.4, -0.2) is 39.7 Å². The minimum absolute atomic E-state index is 0.0357.